The van der Waals surface area contributed by atoms with Gasteiger partial charge in [0.2, 0.25) is 0 Å². The topological polar surface area (TPSA) is 51.1 Å². The molecule has 1 atom stereocenters. The summed E-state index contributed by atoms with van der Waals surface area (Å²) in [6, 6.07) is 1.92. The maximum Gasteiger partial charge on any atom is 0.153 e. The summed E-state index contributed by atoms with van der Waals surface area (Å²) in [5.74, 6) is 0.480. The van der Waals surface area contributed by atoms with Crippen LogP contribution >= 0.6 is 0 Å². The maximum atomic E-state index is 11.4. The van der Waals surface area contributed by atoms with E-state index in [4.69, 9.17) is 0 Å². The Morgan fingerprint density at radius 3 is 2.93 bits per heavy atom. The minimum Gasteiger partial charge on any atom is -0.357 e. The molecule has 1 aromatic rings. The highest BCUT2D eigenvalue weighted by atomic mass is 32.2. The summed E-state index contributed by atoms with van der Waals surface area (Å²) < 4.78 is 24.7. The van der Waals surface area contributed by atoms with Gasteiger partial charge in [-0.05, 0) is 11.6 Å². The van der Waals surface area contributed by atoms with Crippen LogP contribution in [0.25, 0.3) is 0 Å². The first kappa shape index (κ1) is 9.73. The highest BCUT2D eigenvalue weighted by Gasteiger charge is 2.25. The van der Waals surface area contributed by atoms with Crippen LogP contribution in [0.1, 0.15) is 11.6 Å². The van der Waals surface area contributed by atoms with Crippen molar-refractivity contribution in [3.05, 3.63) is 24.0 Å². The van der Waals surface area contributed by atoms with E-state index in [9.17, 15) is 8.42 Å². The van der Waals surface area contributed by atoms with E-state index >= 15 is 0 Å². The molecular formula is C9H14N2O2S. The van der Waals surface area contributed by atoms with Crippen molar-refractivity contribution in [1.29, 1.82) is 0 Å². The summed E-state index contributed by atoms with van der Waals surface area (Å²) >= 11 is 0. The lowest BCUT2D eigenvalue weighted by Gasteiger charge is -2.22. The van der Waals surface area contributed by atoms with Crippen LogP contribution in [0.5, 0.6) is 0 Å². The molecule has 1 saturated heterocycles. The van der Waals surface area contributed by atoms with Crippen LogP contribution < -0.4 is 5.32 Å². The van der Waals surface area contributed by atoms with Crippen LogP contribution in [0.4, 0.5) is 0 Å². The van der Waals surface area contributed by atoms with E-state index in [-0.39, 0.29) is 17.5 Å². The van der Waals surface area contributed by atoms with Crippen molar-refractivity contribution in [2.45, 2.75) is 6.04 Å². The van der Waals surface area contributed by atoms with Crippen LogP contribution in [-0.2, 0) is 16.9 Å². The molecule has 0 amide bonds. The Hall–Kier alpha value is -0.810. The van der Waals surface area contributed by atoms with E-state index in [2.05, 4.69) is 5.32 Å². The minimum absolute atomic E-state index is 0.0325. The van der Waals surface area contributed by atoms with Gasteiger partial charge in [-0.1, -0.05) is 0 Å². The summed E-state index contributed by atoms with van der Waals surface area (Å²) in [6.07, 6.45) is 3.89. The van der Waals surface area contributed by atoms with E-state index in [0.29, 0.717) is 6.54 Å². The maximum absolute atomic E-state index is 11.4. The number of aromatic nitrogens is 1. The van der Waals surface area contributed by atoms with Crippen molar-refractivity contribution >= 4 is 9.84 Å². The average molecular weight is 214 g/mol. The Labute approximate surface area is 83.8 Å². The Kier molecular flexibility index (Phi) is 2.36. The summed E-state index contributed by atoms with van der Waals surface area (Å²) in [4.78, 5) is 0. The molecule has 0 aliphatic carbocycles. The van der Waals surface area contributed by atoms with Crippen LogP contribution in [0.2, 0.25) is 0 Å². The zero-order chi connectivity index (χ0) is 10.2. The SMILES string of the molecule is Cn1ccc(C2CS(=O)(=O)CCN2)c1. The van der Waals surface area contributed by atoms with E-state index in [1.54, 1.807) is 0 Å². The summed E-state index contributed by atoms with van der Waals surface area (Å²) in [7, 11) is -0.911. The molecule has 1 aromatic heterocycles. The molecule has 0 bridgehead atoms. The van der Waals surface area contributed by atoms with Gasteiger partial charge in [0.1, 0.15) is 0 Å². The zero-order valence-electron chi connectivity index (χ0n) is 8.10. The van der Waals surface area contributed by atoms with Crippen LogP contribution in [0.15, 0.2) is 18.5 Å². The lowest BCUT2D eigenvalue weighted by atomic mass is 10.2. The van der Waals surface area contributed by atoms with Gasteiger partial charge >= 0.3 is 0 Å². The number of aryl methyl sites for hydroxylation is 1. The van der Waals surface area contributed by atoms with Gasteiger partial charge in [-0.15, -0.1) is 0 Å². The molecule has 1 fully saturated rings. The number of sulfone groups is 1. The van der Waals surface area contributed by atoms with Crippen molar-refractivity contribution < 1.29 is 8.42 Å². The molecule has 0 radical (unpaired) electrons. The van der Waals surface area contributed by atoms with Crippen molar-refractivity contribution in [1.82, 2.24) is 9.88 Å². The fourth-order valence-electron chi connectivity index (χ4n) is 1.73. The largest absolute Gasteiger partial charge is 0.357 e. The Morgan fingerprint density at radius 1 is 1.57 bits per heavy atom. The molecule has 0 aromatic carbocycles. The van der Waals surface area contributed by atoms with Gasteiger partial charge in [0.15, 0.2) is 9.84 Å². The molecule has 1 N–H and O–H groups in total. The predicted octanol–water partition coefficient (Wildman–Crippen LogP) is 0.0842. The minimum atomic E-state index is -2.84. The molecule has 0 spiro atoms. The van der Waals surface area contributed by atoms with Crippen LogP contribution in [-0.4, -0.2) is 31.0 Å². The second-order valence-corrected chi connectivity index (χ2v) is 5.96. The van der Waals surface area contributed by atoms with Crippen molar-refractivity contribution in [2.75, 3.05) is 18.1 Å². The smallest absolute Gasteiger partial charge is 0.153 e. The predicted molar refractivity (Wildman–Crippen MR) is 54.8 cm³/mol. The fraction of sp³-hybridized carbons (Fsp3) is 0.556. The summed E-state index contributed by atoms with van der Waals surface area (Å²) in [5, 5.41) is 3.21. The van der Waals surface area contributed by atoms with Gasteiger partial charge in [-0.3, -0.25) is 0 Å². The molecule has 5 heteroatoms. The number of nitrogens with zero attached hydrogens (tertiary/aromatic N) is 1. The number of hydrogen-bond donors (Lipinski definition) is 1. The lowest BCUT2D eigenvalue weighted by Crippen LogP contribution is -2.38. The fourth-order valence-corrected chi connectivity index (χ4v) is 3.14. The van der Waals surface area contributed by atoms with E-state index in [1.807, 2.05) is 30.1 Å². The van der Waals surface area contributed by atoms with Gasteiger partial charge in [-0.25, -0.2) is 8.42 Å². The number of rotatable bonds is 1. The summed E-state index contributed by atoms with van der Waals surface area (Å²) in [5.41, 5.74) is 1.05. The average Bonchev–Trinajstić information content (AvgIpc) is 2.50. The highest BCUT2D eigenvalue weighted by Crippen LogP contribution is 2.18. The molecule has 2 heterocycles. The second-order valence-electron chi connectivity index (χ2n) is 3.73. The molecule has 0 saturated carbocycles. The zero-order valence-corrected chi connectivity index (χ0v) is 8.92. The second kappa shape index (κ2) is 3.40. The Morgan fingerprint density at radius 2 is 2.36 bits per heavy atom. The van der Waals surface area contributed by atoms with Crippen molar-refractivity contribution in [3.8, 4) is 0 Å². The Bertz CT molecular complexity index is 422. The third kappa shape index (κ3) is 1.99. The normalized spacial score (nSPS) is 26.2. The first-order chi connectivity index (χ1) is 6.57. The third-order valence-electron chi connectivity index (χ3n) is 2.48. The van der Waals surface area contributed by atoms with Gasteiger partial charge in [0.05, 0.1) is 11.5 Å². The first-order valence-corrected chi connectivity index (χ1v) is 6.45. The van der Waals surface area contributed by atoms with Gasteiger partial charge in [0, 0.05) is 32.0 Å². The van der Waals surface area contributed by atoms with E-state index in [1.165, 1.54) is 0 Å². The summed E-state index contributed by atoms with van der Waals surface area (Å²) in [6.45, 7) is 0.557. The van der Waals surface area contributed by atoms with Crippen LogP contribution in [0.3, 0.4) is 0 Å². The molecular weight excluding hydrogens is 200 g/mol. The molecule has 2 rings (SSSR count). The molecule has 1 aliphatic heterocycles. The first-order valence-electron chi connectivity index (χ1n) is 4.62. The Balaban J connectivity index is 2.20. The molecule has 1 aliphatic rings. The van der Waals surface area contributed by atoms with Gasteiger partial charge in [-0.2, -0.15) is 0 Å². The van der Waals surface area contributed by atoms with Crippen LogP contribution in [0, 0.1) is 0 Å². The molecule has 14 heavy (non-hydrogen) atoms. The lowest BCUT2D eigenvalue weighted by molar-refractivity contribution is 0.530. The third-order valence-corrected chi connectivity index (χ3v) is 4.15. The highest BCUT2D eigenvalue weighted by molar-refractivity contribution is 7.91. The standard InChI is InChI=1S/C9H14N2O2S/c1-11-4-2-8(6-11)9-7-14(12,13)5-3-10-9/h2,4,6,9-10H,3,5,7H2,1H3. The van der Waals surface area contributed by atoms with Gasteiger partial charge in [0.25, 0.3) is 0 Å². The van der Waals surface area contributed by atoms with E-state index in [0.717, 1.165) is 5.56 Å². The van der Waals surface area contributed by atoms with E-state index < -0.39 is 9.84 Å². The quantitative estimate of drug-likeness (QED) is 0.720. The molecule has 4 nitrogen and oxygen atoms in total. The molecule has 78 valence electrons. The van der Waals surface area contributed by atoms with Crippen molar-refractivity contribution in [3.63, 3.8) is 0 Å². The van der Waals surface area contributed by atoms with Gasteiger partial charge < -0.3 is 9.88 Å². The number of nitrogens with one attached hydrogen (secondary N) is 1. The molecule has 1 unspecified atom stereocenters. The monoisotopic (exact) mass is 214 g/mol. The van der Waals surface area contributed by atoms with Crippen molar-refractivity contribution in [2.24, 2.45) is 7.05 Å². The number of hydrogen-bond acceptors (Lipinski definition) is 3.